The lowest BCUT2D eigenvalue weighted by atomic mass is 10.3. The maximum absolute atomic E-state index is 10.2. The predicted molar refractivity (Wildman–Crippen MR) is 39.2 cm³/mol. The molecule has 0 amide bonds. The summed E-state index contributed by atoms with van der Waals surface area (Å²) in [4.78, 5) is 10.2. The summed E-state index contributed by atoms with van der Waals surface area (Å²) in [6.07, 6.45) is 0.904. The summed E-state index contributed by atoms with van der Waals surface area (Å²) in [5.74, 6) is -1.30. The fraction of sp³-hybridized carbons (Fsp3) is 0.429. The van der Waals surface area contributed by atoms with Gasteiger partial charge < -0.3 is 14.6 Å². The van der Waals surface area contributed by atoms with Gasteiger partial charge in [-0.15, -0.1) is 0 Å². The molecule has 0 saturated carbocycles. The smallest absolute Gasteiger partial charge is 0.349 e. The predicted octanol–water partition coefficient (Wildman–Crippen LogP) is 0.141. The van der Waals surface area contributed by atoms with E-state index in [1.807, 2.05) is 0 Å². The van der Waals surface area contributed by atoms with Gasteiger partial charge in [0, 0.05) is 7.11 Å². The number of ether oxygens (including phenoxy) is 2. The van der Waals surface area contributed by atoms with Gasteiger partial charge in [-0.25, -0.2) is 4.79 Å². The van der Waals surface area contributed by atoms with E-state index >= 15 is 0 Å². The van der Waals surface area contributed by atoms with E-state index in [2.05, 4.69) is 4.74 Å². The molecule has 0 bridgehead atoms. The number of hydrogen-bond donors (Lipinski definition) is 1. The van der Waals surface area contributed by atoms with Crippen LogP contribution in [0.2, 0.25) is 0 Å². The maximum Gasteiger partial charge on any atom is 0.349 e. The fourth-order valence-corrected chi connectivity index (χ4v) is 0.398. The highest BCUT2D eigenvalue weighted by Gasteiger charge is 2.04. The molecule has 0 aliphatic heterocycles. The molecular weight excluding hydrogens is 162 g/mol. The number of carboxylic acids is 1. The van der Waals surface area contributed by atoms with Gasteiger partial charge in [0.05, 0.1) is 6.61 Å². The average molecular weight is 171 g/mol. The van der Waals surface area contributed by atoms with Crippen molar-refractivity contribution in [3.05, 3.63) is 11.8 Å². The molecule has 0 aromatic carbocycles. The molecule has 0 atom stereocenters. The second-order valence-electron chi connectivity index (χ2n) is 1.81. The van der Waals surface area contributed by atoms with Gasteiger partial charge in [-0.05, 0) is 0 Å². The maximum atomic E-state index is 10.2. The van der Waals surface area contributed by atoms with Crippen molar-refractivity contribution in [2.75, 3.05) is 20.3 Å². The number of nitriles is 1. The van der Waals surface area contributed by atoms with Gasteiger partial charge in [0.1, 0.15) is 18.9 Å². The van der Waals surface area contributed by atoms with Crippen molar-refractivity contribution in [3.8, 4) is 6.07 Å². The lowest BCUT2D eigenvalue weighted by Gasteiger charge is -1.98. The van der Waals surface area contributed by atoms with Crippen LogP contribution in [0.4, 0.5) is 0 Å². The van der Waals surface area contributed by atoms with E-state index < -0.39 is 11.5 Å². The van der Waals surface area contributed by atoms with Crippen molar-refractivity contribution in [1.82, 2.24) is 0 Å². The lowest BCUT2D eigenvalue weighted by Crippen LogP contribution is -2.02. The largest absolute Gasteiger partial charge is 0.497 e. The third kappa shape index (κ3) is 4.30. The summed E-state index contributed by atoms with van der Waals surface area (Å²) in [6, 6.07) is 1.47. The van der Waals surface area contributed by atoms with Crippen LogP contribution >= 0.6 is 0 Å². The minimum Gasteiger partial charge on any atom is -0.497 e. The third-order valence-corrected chi connectivity index (χ3v) is 0.957. The van der Waals surface area contributed by atoms with Crippen molar-refractivity contribution < 1.29 is 19.4 Å². The zero-order valence-corrected chi connectivity index (χ0v) is 6.61. The van der Waals surface area contributed by atoms with Crippen molar-refractivity contribution >= 4 is 5.97 Å². The van der Waals surface area contributed by atoms with Crippen molar-refractivity contribution in [3.63, 3.8) is 0 Å². The van der Waals surface area contributed by atoms with Crippen LogP contribution in [0.1, 0.15) is 0 Å². The van der Waals surface area contributed by atoms with E-state index in [4.69, 9.17) is 15.1 Å². The highest BCUT2D eigenvalue weighted by molar-refractivity contribution is 5.90. The molecule has 0 fully saturated rings. The monoisotopic (exact) mass is 171 g/mol. The molecule has 0 saturated heterocycles. The minimum absolute atomic E-state index is 0.231. The van der Waals surface area contributed by atoms with Crippen LogP contribution in [0, 0.1) is 11.3 Å². The molecule has 0 aliphatic carbocycles. The van der Waals surface area contributed by atoms with Gasteiger partial charge in [0.2, 0.25) is 0 Å². The van der Waals surface area contributed by atoms with E-state index in [1.165, 1.54) is 13.2 Å². The normalized spacial score (nSPS) is 10.5. The SMILES string of the molecule is COCCOC=C(C#N)C(=O)O. The first kappa shape index (κ1) is 10.5. The topological polar surface area (TPSA) is 79.5 Å². The fourth-order valence-electron chi connectivity index (χ4n) is 0.398. The third-order valence-electron chi connectivity index (χ3n) is 0.957. The van der Waals surface area contributed by atoms with Gasteiger partial charge in [-0.3, -0.25) is 0 Å². The second kappa shape index (κ2) is 6.19. The second-order valence-corrected chi connectivity index (χ2v) is 1.81. The van der Waals surface area contributed by atoms with Gasteiger partial charge in [0.25, 0.3) is 0 Å². The first-order valence-corrected chi connectivity index (χ1v) is 3.16. The molecule has 66 valence electrons. The lowest BCUT2D eigenvalue weighted by molar-refractivity contribution is -0.132. The quantitative estimate of drug-likeness (QED) is 0.275. The summed E-state index contributed by atoms with van der Waals surface area (Å²) in [5, 5.41) is 16.6. The zero-order chi connectivity index (χ0) is 9.40. The molecule has 0 aliphatic rings. The van der Waals surface area contributed by atoms with Crippen LogP contribution in [-0.2, 0) is 14.3 Å². The molecule has 0 radical (unpaired) electrons. The first-order chi connectivity index (χ1) is 5.72. The number of rotatable bonds is 5. The Labute approximate surface area is 69.8 Å². The zero-order valence-electron chi connectivity index (χ0n) is 6.61. The Balaban J connectivity index is 3.81. The highest BCUT2D eigenvalue weighted by Crippen LogP contribution is 1.92. The van der Waals surface area contributed by atoms with Crippen LogP contribution in [0.5, 0.6) is 0 Å². The Hall–Kier alpha value is -1.54. The van der Waals surface area contributed by atoms with E-state index in [9.17, 15) is 4.79 Å². The summed E-state index contributed by atoms with van der Waals surface area (Å²) in [5.41, 5.74) is -0.425. The summed E-state index contributed by atoms with van der Waals surface area (Å²) in [7, 11) is 1.50. The molecule has 1 N–H and O–H groups in total. The van der Waals surface area contributed by atoms with Gasteiger partial charge in [-0.1, -0.05) is 0 Å². The Morgan fingerprint density at radius 3 is 2.75 bits per heavy atom. The van der Waals surface area contributed by atoms with E-state index in [-0.39, 0.29) is 6.61 Å². The van der Waals surface area contributed by atoms with Crippen LogP contribution < -0.4 is 0 Å². The summed E-state index contributed by atoms with van der Waals surface area (Å²) < 4.78 is 9.33. The Bertz CT molecular complexity index is 216. The molecule has 0 rings (SSSR count). The molecule has 5 nitrogen and oxygen atoms in total. The average Bonchev–Trinajstić information content (AvgIpc) is 2.04. The standard InChI is InChI=1S/C7H9NO4/c1-11-2-3-12-5-6(4-8)7(9)10/h5H,2-3H2,1H3,(H,9,10). The molecule has 0 aromatic heterocycles. The molecule has 0 unspecified atom stereocenters. The Kier molecular flexibility index (Phi) is 5.39. The Morgan fingerprint density at radius 1 is 1.67 bits per heavy atom. The first-order valence-electron chi connectivity index (χ1n) is 3.16. The molecule has 0 spiro atoms. The highest BCUT2D eigenvalue weighted by atomic mass is 16.5. The van der Waals surface area contributed by atoms with E-state index in [0.717, 1.165) is 6.26 Å². The Morgan fingerprint density at radius 2 is 2.33 bits per heavy atom. The molecular formula is C7H9NO4. The van der Waals surface area contributed by atoms with Crippen molar-refractivity contribution in [1.29, 1.82) is 5.26 Å². The minimum atomic E-state index is -1.30. The van der Waals surface area contributed by atoms with Crippen LogP contribution in [0.3, 0.4) is 0 Å². The molecule has 0 aromatic rings. The van der Waals surface area contributed by atoms with Crippen molar-refractivity contribution in [2.45, 2.75) is 0 Å². The van der Waals surface area contributed by atoms with Crippen LogP contribution in [-0.4, -0.2) is 31.4 Å². The number of aliphatic carboxylic acids is 1. The van der Waals surface area contributed by atoms with Gasteiger partial charge in [0.15, 0.2) is 5.57 Å². The van der Waals surface area contributed by atoms with Gasteiger partial charge >= 0.3 is 5.97 Å². The molecule has 5 heteroatoms. The van der Waals surface area contributed by atoms with Crippen LogP contribution in [0.25, 0.3) is 0 Å². The van der Waals surface area contributed by atoms with E-state index in [0.29, 0.717) is 6.61 Å². The number of methoxy groups -OCH3 is 1. The number of carbonyl (C=O) groups is 1. The number of carboxylic acid groups (broad SMARTS) is 1. The number of nitrogens with zero attached hydrogens (tertiary/aromatic N) is 1. The van der Waals surface area contributed by atoms with Crippen molar-refractivity contribution in [2.24, 2.45) is 0 Å². The molecule has 12 heavy (non-hydrogen) atoms. The summed E-state index contributed by atoms with van der Waals surface area (Å²) >= 11 is 0. The summed E-state index contributed by atoms with van der Waals surface area (Å²) in [6.45, 7) is 0.587. The molecule has 0 heterocycles. The number of hydrogen-bond acceptors (Lipinski definition) is 4. The van der Waals surface area contributed by atoms with E-state index in [1.54, 1.807) is 0 Å². The van der Waals surface area contributed by atoms with Gasteiger partial charge in [-0.2, -0.15) is 5.26 Å². The van der Waals surface area contributed by atoms with Crippen LogP contribution in [0.15, 0.2) is 11.8 Å².